The maximum absolute atomic E-state index is 13.8. The van der Waals surface area contributed by atoms with Crippen LogP contribution in [0.5, 0.6) is 5.75 Å². The fourth-order valence-electron chi connectivity index (χ4n) is 3.72. The highest BCUT2D eigenvalue weighted by Gasteiger charge is 2.26. The van der Waals surface area contributed by atoms with E-state index in [-0.39, 0.29) is 11.6 Å². The largest absolute Gasteiger partial charge is 0.497 e. The molecule has 0 aromatic heterocycles. The highest BCUT2D eigenvalue weighted by atomic mass is 19.1. The Bertz CT molecular complexity index is 1150. The van der Waals surface area contributed by atoms with E-state index in [2.05, 4.69) is 5.32 Å². The number of ether oxygens (including phenoxy) is 1. The summed E-state index contributed by atoms with van der Waals surface area (Å²) in [7, 11) is 1.61. The molecule has 0 atom stereocenters. The number of urea groups is 1. The van der Waals surface area contributed by atoms with E-state index in [1.165, 1.54) is 0 Å². The number of nitrogens with one attached hydrogen (secondary N) is 1. The minimum atomic E-state index is -0.931. The number of amides is 3. The molecule has 8 heteroatoms. The molecule has 0 radical (unpaired) electrons. The first-order valence-corrected chi connectivity index (χ1v) is 10.5. The number of rotatable bonds is 6. The van der Waals surface area contributed by atoms with Crippen molar-refractivity contribution in [3.8, 4) is 5.75 Å². The number of nitrogens with zero attached hydrogens (tertiary/aromatic N) is 2. The molecule has 1 aliphatic rings. The minimum Gasteiger partial charge on any atom is -0.497 e. The Morgan fingerprint density at radius 2 is 1.73 bits per heavy atom. The van der Waals surface area contributed by atoms with Gasteiger partial charge >= 0.3 is 6.03 Å². The van der Waals surface area contributed by atoms with Crippen LogP contribution in [-0.2, 0) is 6.54 Å². The topological polar surface area (TPSA) is 61.9 Å². The number of carbonyl (C=O) groups is 2. The van der Waals surface area contributed by atoms with Crippen LogP contribution in [0.3, 0.4) is 0 Å². The van der Waals surface area contributed by atoms with Crippen LogP contribution >= 0.6 is 0 Å². The molecule has 4 rings (SSSR count). The summed E-state index contributed by atoms with van der Waals surface area (Å²) in [6, 6.07) is 17.0. The molecule has 3 aromatic rings. The second kappa shape index (κ2) is 9.68. The van der Waals surface area contributed by atoms with Crippen LogP contribution in [0.4, 0.5) is 25.0 Å². The van der Waals surface area contributed by atoms with Crippen LogP contribution < -0.4 is 15.0 Å². The van der Waals surface area contributed by atoms with Gasteiger partial charge in [-0.05, 0) is 60.5 Å². The molecule has 1 N–H and O–H groups in total. The normalized spacial score (nSPS) is 13.7. The molecule has 0 spiro atoms. The van der Waals surface area contributed by atoms with Crippen molar-refractivity contribution in [1.29, 1.82) is 0 Å². The van der Waals surface area contributed by atoms with E-state index in [1.54, 1.807) is 41.2 Å². The van der Waals surface area contributed by atoms with E-state index in [9.17, 15) is 18.4 Å². The van der Waals surface area contributed by atoms with Gasteiger partial charge in [0.15, 0.2) is 0 Å². The van der Waals surface area contributed by atoms with E-state index in [0.717, 1.165) is 29.9 Å². The summed E-state index contributed by atoms with van der Waals surface area (Å²) < 4.78 is 32.1. The van der Waals surface area contributed by atoms with Gasteiger partial charge in [-0.1, -0.05) is 12.1 Å². The first kappa shape index (κ1) is 22.3. The zero-order chi connectivity index (χ0) is 23.4. The monoisotopic (exact) mass is 451 g/mol. The van der Waals surface area contributed by atoms with Crippen LogP contribution in [0.1, 0.15) is 22.3 Å². The lowest BCUT2D eigenvalue weighted by Gasteiger charge is -2.35. The molecule has 33 heavy (non-hydrogen) atoms. The van der Waals surface area contributed by atoms with E-state index >= 15 is 0 Å². The van der Waals surface area contributed by atoms with E-state index in [1.807, 2.05) is 24.3 Å². The smallest absolute Gasteiger partial charge is 0.324 e. The van der Waals surface area contributed by atoms with Crippen LogP contribution in [0.15, 0.2) is 66.7 Å². The van der Waals surface area contributed by atoms with Crippen molar-refractivity contribution in [3.05, 3.63) is 89.5 Å². The summed E-state index contributed by atoms with van der Waals surface area (Å²) in [5.41, 5.74) is 1.90. The molecule has 6 nitrogen and oxygen atoms in total. The van der Waals surface area contributed by atoms with Gasteiger partial charge in [-0.3, -0.25) is 9.69 Å². The Hall–Kier alpha value is -3.94. The number of anilines is 2. The molecular formula is C25H23F2N3O3. The summed E-state index contributed by atoms with van der Waals surface area (Å²) in [5, 5.41) is 2.59. The lowest BCUT2D eigenvalue weighted by molar-refractivity contribution is 0.102. The predicted molar refractivity (Wildman–Crippen MR) is 122 cm³/mol. The molecule has 0 bridgehead atoms. The second-order valence-electron chi connectivity index (χ2n) is 7.68. The molecule has 3 aromatic carbocycles. The van der Waals surface area contributed by atoms with Crippen LogP contribution in [-0.4, -0.2) is 37.0 Å². The lowest BCUT2D eigenvalue weighted by Crippen LogP contribution is -2.49. The highest BCUT2D eigenvalue weighted by molar-refractivity contribution is 6.04. The van der Waals surface area contributed by atoms with E-state index in [0.29, 0.717) is 37.1 Å². The average Bonchev–Trinajstić information content (AvgIpc) is 2.81. The third kappa shape index (κ3) is 5.11. The van der Waals surface area contributed by atoms with Crippen LogP contribution in [0.2, 0.25) is 0 Å². The third-order valence-electron chi connectivity index (χ3n) is 5.46. The zero-order valence-corrected chi connectivity index (χ0v) is 18.1. The van der Waals surface area contributed by atoms with Gasteiger partial charge in [0, 0.05) is 37.1 Å². The van der Waals surface area contributed by atoms with Crippen LogP contribution in [0, 0.1) is 11.6 Å². The second-order valence-corrected chi connectivity index (χ2v) is 7.68. The molecule has 1 heterocycles. The number of hydrogen-bond acceptors (Lipinski definition) is 3. The Kier molecular flexibility index (Phi) is 6.53. The fourth-order valence-corrected chi connectivity index (χ4v) is 3.72. The van der Waals surface area contributed by atoms with Gasteiger partial charge in [-0.2, -0.15) is 0 Å². The SMILES string of the molecule is COc1ccc(CN2CCCN(c3ccc(NC(=O)c4ccc(F)cc4F)cc3)C2=O)cc1. The molecule has 0 saturated carbocycles. The van der Waals surface area contributed by atoms with Crippen molar-refractivity contribution in [2.75, 3.05) is 30.4 Å². The van der Waals surface area contributed by atoms with E-state index < -0.39 is 17.5 Å². The van der Waals surface area contributed by atoms with Gasteiger partial charge in [0.2, 0.25) is 0 Å². The van der Waals surface area contributed by atoms with Gasteiger partial charge in [0.1, 0.15) is 17.4 Å². The number of carbonyl (C=O) groups excluding carboxylic acids is 2. The van der Waals surface area contributed by atoms with Gasteiger partial charge in [-0.25, -0.2) is 13.6 Å². The number of methoxy groups -OCH3 is 1. The quantitative estimate of drug-likeness (QED) is 0.570. The highest BCUT2D eigenvalue weighted by Crippen LogP contribution is 2.24. The lowest BCUT2D eigenvalue weighted by atomic mass is 10.1. The van der Waals surface area contributed by atoms with Crippen molar-refractivity contribution in [3.63, 3.8) is 0 Å². The van der Waals surface area contributed by atoms with Crippen molar-refractivity contribution in [2.45, 2.75) is 13.0 Å². The minimum absolute atomic E-state index is 0.0952. The van der Waals surface area contributed by atoms with Crippen molar-refractivity contribution < 1.29 is 23.1 Å². The average molecular weight is 451 g/mol. The number of benzene rings is 3. The Morgan fingerprint density at radius 1 is 1.00 bits per heavy atom. The zero-order valence-electron chi connectivity index (χ0n) is 18.1. The van der Waals surface area contributed by atoms with Gasteiger partial charge in [0.05, 0.1) is 12.7 Å². The molecule has 170 valence electrons. The summed E-state index contributed by atoms with van der Waals surface area (Å²) in [6.45, 7) is 1.75. The van der Waals surface area contributed by atoms with E-state index in [4.69, 9.17) is 4.74 Å². The molecule has 3 amide bonds. The molecule has 1 aliphatic heterocycles. The standard InChI is InChI=1S/C25H23F2N3O3/c1-33-21-10-3-17(4-11-21)16-29-13-2-14-30(25(29)32)20-8-6-19(7-9-20)28-24(31)22-12-5-18(26)15-23(22)27/h3-12,15H,2,13-14,16H2,1H3,(H,28,31). The van der Waals surface area contributed by atoms with Crippen molar-refractivity contribution in [2.24, 2.45) is 0 Å². The fraction of sp³-hybridized carbons (Fsp3) is 0.200. The molecule has 1 saturated heterocycles. The predicted octanol–water partition coefficient (Wildman–Crippen LogP) is 5.06. The first-order valence-electron chi connectivity index (χ1n) is 10.5. The van der Waals surface area contributed by atoms with Crippen molar-refractivity contribution >= 4 is 23.3 Å². The number of hydrogen-bond donors (Lipinski definition) is 1. The van der Waals surface area contributed by atoms with Crippen molar-refractivity contribution in [1.82, 2.24) is 4.90 Å². The van der Waals surface area contributed by atoms with Gasteiger partial charge in [0.25, 0.3) is 5.91 Å². The molecule has 0 aliphatic carbocycles. The Labute approximate surface area is 190 Å². The first-order chi connectivity index (χ1) is 15.9. The molecule has 0 unspecified atom stereocenters. The summed E-state index contributed by atoms with van der Waals surface area (Å²) >= 11 is 0. The molecular weight excluding hydrogens is 428 g/mol. The third-order valence-corrected chi connectivity index (χ3v) is 5.46. The summed E-state index contributed by atoms with van der Waals surface area (Å²) in [6.07, 6.45) is 0.824. The maximum Gasteiger partial charge on any atom is 0.324 e. The van der Waals surface area contributed by atoms with Gasteiger partial charge < -0.3 is 15.0 Å². The molecule has 1 fully saturated rings. The Morgan fingerprint density at radius 3 is 2.39 bits per heavy atom. The Balaban J connectivity index is 1.42. The van der Waals surface area contributed by atoms with Gasteiger partial charge in [-0.15, -0.1) is 0 Å². The maximum atomic E-state index is 13.8. The summed E-state index contributed by atoms with van der Waals surface area (Å²) in [4.78, 5) is 28.8. The summed E-state index contributed by atoms with van der Waals surface area (Å²) in [5.74, 6) is -1.60. The number of halogens is 2. The van der Waals surface area contributed by atoms with Crippen LogP contribution in [0.25, 0.3) is 0 Å².